The van der Waals surface area contributed by atoms with Crippen LogP contribution in [0, 0.1) is 23.1 Å². The highest BCUT2D eigenvalue weighted by atomic mass is 32.2. The molecule has 30 heavy (non-hydrogen) atoms. The second kappa shape index (κ2) is 8.58. The van der Waals surface area contributed by atoms with Crippen LogP contribution in [0.15, 0.2) is 29.4 Å². The van der Waals surface area contributed by atoms with Crippen molar-refractivity contribution in [3.8, 4) is 17.5 Å². The molecule has 1 amide bonds. The molecule has 1 atom stereocenters. The molecular weight excluding hydrogens is 421 g/mol. The molecule has 2 aromatic heterocycles. The van der Waals surface area contributed by atoms with E-state index in [0.29, 0.717) is 27.5 Å². The topological polar surface area (TPSA) is 83.6 Å². The lowest BCUT2D eigenvalue weighted by atomic mass is 9.89. The fourth-order valence-electron chi connectivity index (χ4n) is 3.54. The van der Waals surface area contributed by atoms with Gasteiger partial charge in [0.25, 0.3) is 0 Å². The molecule has 1 unspecified atom stereocenters. The number of hydrogen-bond donors (Lipinski definition) is 1. The fourth-order valence-corrected chi connectivity index (χ4v) is 5.63. The van der Waals surface area contributed by atoms with Crippen molar-refractivity contribution in [3.05, 3.63) is 46.1 Å². The van der Waals surface area contributed by atoms with E-state index in [1.807, 2.05) is 0 Å². The summed E-state index contributed by atoms with van der Waals surface area (Å²) < 4.78 is 14.9. The standard InChI is InChI=1S/C21H20FN5OS2/c1-12-3-8-15-16(10-23)20(30-17(15)9-12)24-18(28)11-29-21-26-25-19(27(21)2)13-4-6-14(22)7-5-13/h4-7,12H,3,8-9,11H2,1-2H3,(H,24,28). The van der Waals surface area contributed by atoms with Gasteiger partial charge < -0.3 is 9.88 Å². The third-order valence-corrected chi connectivity index (χ3v) is 7.34. The molecule has 1 N–H and O–H groups in total. The Balaban J connectivity index is 1.43. The first kappa shape index (κ1) is 20.6. The fraction of sp³-hybridized carbons (Fsp3) is 0.333. The number of benzene rings is 1. The highest BCUT2D eigenvalue weighted by Crippen LogP contribution is 2.39. The molecule has 0 aliphatic heterocycles. The minimum atomic E-state index is -0.311. The third kappa shape index (κ3) is 4.11. The average Bonchev–Trinajstić information content (AvgIpc) is 3.26. The first-order chi connectivity index (χ1) is 14.5. The van der Waals surface area contributed by atoms with Crippen molar-refractivity contribution in [3.63, 3.8) is 0 Å². The van der Waals surface area contributed by atoms with Crippen LogP contribution in [0.4, 0.5) is 9.39 Å². The Labute approximate surface area is 182 Å². The van der Waals surface area contributed by atoms with Gasteiger partial charge in [0.2, 0.25) is 5.91 Å². The Kier molecular flexibility index (Phi) is 5.88. The maximum absolute atomic E-state index is 13.1. The van der Waals surface area contributed by atoms with Crippen molar-refractivity contribution < 1.29 is 9.18 Å². The molecule has 6 nitrogen and oxygen atoms in total. The maximum Gasteiger partial charge on any atom is 0.235 e. The largest absolute Gasteiger partial charge is 0.316 e. The van der Waals surface area contributed by atoms with Gasteiger partial charge >= 0.3 is 0 Å². The summed E-state index contributed by atoms with van der Waals surface area (Å²) in [6, 6.07) is 8.30. The lowest BCUT2D eigenvalue weighted by molar-refractivity contribution is -0.113. The zero-order valence-electron chi connectivity index (χ0n) is 16.6. The summed E-state index contributed by atoms with van der Waals surface area (Å²) in [6.07, 6.45) is 2.93. The van der Waals surface area contributed by atoms with E-state index in [1.165, 1.54) is 40.1 Å². The van der Waals surface area contributed by atoms with Crippen LogP contribution in [0.3, 0.4) is 0 Å². The number of thiophene rings is 1. The van der Waals surface area contributed by atoms with Gasteiger partial charge in [-0.25, -0.2) is 4.39 Å². The van der Waals surface area contributed by atoms with Crippen LogP contribution in [0.5, 0.6) is 0 Å². The number of nitriles is 1. The summed E-state index contributed by atoms with van der Waals surface area (Å²) >= 11 is 2.79. The number of hydrogen-bond acceptors (Lipinski definition) is 6. The van der Waals surface area contributed by atoms with Crippen LogP contribution in [-0.2, 0) is 24.7 Å². The summed E-state index contributed by atoms with van der Waals surface area (Å²) in [7, 11) is 1.81. The molecule has 0 bridgehead atoms. The van der Waals surface area contributed by atoms with Crippen LogP contribution in [0.2, 0.25) is 0 Å². The van der Waals surface area contributed by atoms with Gasteiger partial charge in [-0.1, -0.05) is 18.7 Å². The van der Waals surface area contributed by atoms with E-state index in [2.05, 4.69) is 28.5 Å². The van der Waals surface area contributed by atoms with Gasteiger partial charge in [0.15, 0.2) is 11.0 Å². The van der Waals surface area contributed by atoms with Crippen LogP contribution >= 0.6 is 23.1 Å². The lowest BCUT2D eigenvalue weighted by Gasteiger charge is -2.17. The number of carbonyl (C=O) groups excluding carboxylic acids is 1. The van der Waals surface area contributed by atoms with E-state index in [0.717, 1.165) is 30.4 Å². The third-order valence-electron chi connectivity index (χ3n) is 5.15. The Hall–Kier alpha value is -2.70. The molecule has 1 aliphatic carbocycles. The maximum atomic E-state index is 13.1. The molecule has 0 spiro atoms. The van der Waals surface area contributed by atoms with E-state index < -0.39 is 0 Å². The molecule has 0 saturated heterocycles. The van der Waals surface area contributed by atoms with Gasteiger partial charge in [-0.05, 0) is 55.0 Å². The van der Waals surface area contributed by atoms with E-state index in [4.69, 9.17) is 0 Å². The monoisotopic (exact) mass is 441 g/mol. The molecule has 9 heteroatoms. The second-order valence-corrected chi connectivity index (χ2v) is 9.42. The number of fused-ring (bicyclic) bond motifs is 1. The molecule has 1 aromatic carbocycles. The zero-order chi connectivity index (χ0) is 21.3. The Morgan fingerprint density at radius 2 is 2.17 bits per heavy atom. The summed E-state index contributed by atoms with van der Waals surface area (Å²) in [5, 5.41) is 22.0. The zero-order valence-corrected chi connectivity index (χ0v) is 18.2. The van der Waals surface area contributed by atoms with Gasteiger partial charge in [0.05, 0.1) is 11.3 Å². The van der Waals surface area contributed by atoms with Gasteiger partial charge in [-0.2, -0.15) is 5.26 Å². The number of aromatic nitrogens is 3. The van der Waals surface area contributed by atoms with Gasteiger partial charge in [-0.15, -0.1) is 21.5 Å². The molecule has 154 valence electrons. The molecule has 0 saturated carbocycles. The van der Waals surface area contributed by atoms with Gasteiger partial charge in [-0.3, -0.25) is 4.79 Å². The normalized spacial score (nSPS) is 15.5. The number of rotatable bonds is 5. The highest BCUT2D eigenvalue weighted by molar-refractivity contribution is 7.99. The Morgan fingerprint density at radius 3 is 2.90 bits per heavy atom. The van der Waals surface area contributed by atoms with E-state index in [9.17, 15) is 14.4 Å². The predicted molar refractivity (Wildman–Crippen MR) is 116 cm³/mol. The first-order valence-corrected chi connectivity index (χ1v) is 11.4. The van der Waals surface area contributed by atoms with Crippen LogP contribution in [0.25, 0.3) is 11.4 Å². The smallest absolute Gasteiger partial charge is 0.235 e. The summed E-state index contributed by atoms with van der Waals surface area (Å²) in [5.41, 5.74) is 2.46. The number of thioether (sulfide) groups is 1. The number of anilines is 1. The van der Waals surface area contributed by atoms with Gasteiger partial charge in [0.1, 0.15) is 16.9 Å². The van der Waals surface area contributed by atoms with Crippen LogP contribution < -0.4 is 5.32 Å². The molecular formula is C21H20FN5OS2. The van der Waals surface area contributed by atoms with Crippen LogP contribution in [-0.4, -0.2) is 26.4 Å². The highest BCUT2D eigenvalue weighted by Gasteiger charge is 2.24. The van der Waals surface area contributed by atoms with Crippen molar-refractivity contribution in [2.45, 2.75) is 31.3 Å². The van der Waals surface area contributed by atoms with E-state index in [-0.39, 0.29) is 17.5 Å². The number of halogens is 1. The van der Waals surface area contributed by atoms with E-state index in [1.54, 1.807) is 23.7 Å². The molecule has 4 rings (SSSR count). The van der Waals surface area contributed by atoms with Crippen LogP contribution in [0.1, 0.15) is 29.3 Å². The molecule has 2 heterocycles. The van der Waals surface area contributed by atoms with Crippen molar-refractivity contribution >= 4 is 34.0 Å². The minimum Gasteiger partial charge on any atom is -0.316 e. The molecule has 1 aliphatic rings. The number of amides is 1. The first-order valence-electron chi connectivity index (χ1n) is 9.59. The van der Waals surface area contributed by atoms with Crippen molar-refractivity contribution in [2.75, 3.05) is 11.1 Å². The summed E-state index contributed by atoms with van der Waals surface area (Å²) in [6.45, 7) is 2.21. The quantitative estimate of drug-likeness (QED) is 0.593. The summed E-state index contributed by atoms with van der Waals surface area (Å²) in [4.78, 5) is 13.7. The lowest BCUT2D eigenvalue weighted by Crippen LogP contribution is -2.14. The second-order valence-electron chi connectivity index (χ2n) is 7.38. The molecule has 3 aromatic rings. The van der Waals surface area contributed by atoms with Gasteiger partial charge in [0, 0.05) is 17.5 Å². The van der Waals surface area contributed by atoms with Crippen molar-refractivity contribution in [2.24, 2.45) is 13.0 Å². The number of carbonyl (C=O) groups is 1. The van der Waals surface area contributed by atoms with Crippen molar-refractivity contribution in [1.82, 2.24) is 14.8 Å². The predicted octanol–water partition coefficient (Wildman–Crippen LogP) is 4.41. The summed E-state index contributed by atoms with van der Waals surface area (Å²) in [5.74, 6) is 0.861. The minimum absolute atomic E-state index is 0.152. The molecule has 0 radical (unpaired) electrons. The average molecular weight is 442 g/mol. The Morgan fingerprint density at radius 1 is 1.40 bits per heavy atom. The molecule has 0 fully saturated rings. The number of nitrogens with zero attached hydrogens (tertiary/aromatic N) is 4. The van der Waals surface area contributed by atoms with Crippen molar-refractivity contribution in [1.29, 1.82) is 5.26 Å². The SMILES string of the molecule is CC1CCc2c(sc(NC(=O)CSc3nnc(-c4ccc(F)cc4)n3C)c2C#N)C1. The Bertz CT molecular complexity index is 1130. The van der Waals surface area contributed by atoms with E-state index >= 15 is 0 Å². The number of nitrogens with one attached hydrogen (secondary N) is 1.